The summed E-state index contributed by atoms with van der Waals surface area (Å²) in [5.41, 5.74) is 5.38. The Kier molecular flexibility index (Phi) is 4.91. The van der Waals surface area contributed by atoms with E-state index in [4.69, 9.17) is 17.3 Å². The smallest absolute Gasteiger partial charge is 0.241 e. The van der Waals surface area contributed by atoms with E-state index in [-0.39, 0.29) is 18.0 Å². The molecule has 1 aromatic rings. The molecule has 0 heterocycles. The molecule has 0 atom stereocenters. The molecule has 7 heteroatoms. The largest absolute Gasteiger partial charge is 0.353 e. The number of amides is 1. The molecular weight excluding hydrogens is 312 g/mol. The summed E-state index contributed by atoms with van der Waals surface area (Å²) in [5, 5.41) is 3.09. The molecule has 1 aromatic carbocycles. The highest BCUT2D eigenvalue weighted by molar-refractivity contribution is 7.93. The lowest BCUT2D eigenvalue weighted by Gasteiger charge is -2.27. The van der Waals surface area contributed by atoms with Crippen molar-refractivity contribution in [3.63, 3.8) is 0 Å². The van der Waals surface area contributed by atoms with Gasteiger partial charge in [-0.2, -0.15) is 0 Å². The van der Waals surface area contributed by atoms with Gasteiger partial charge in [0.1, 0.15) is 0 Å². The van der Waals surface area contributed by atoms with Gasteiger partial charge in [-0.1, -0.05) is 24.4 Å². The van der Waals surface area contributed by atoms with Gasteiger partial charge in [0.25, 0.3) is 0 Å². The second kappa shape index (κ2) is 6.34. The SMILES string of the molecule is NCCNC(=O)C1(S(=O)(=O)c2ccc(Cl)cc2)CCCC1. The summed E-state index contributed by atoms with van der Waals surface area (Å²) < 4.78 is 24.5. The number of carbonyl (C=O) groups excluding carboxylic acids is 1. The third-order valence-corrected chi connectivity index (χ3v) is 6.66. The molecule has 1 aliphatic carbocycles. The van der Waals surface area contributed by atoms with Gasteiger partial charge in [-0.05, 0) is 37.1 Å². The zero-order valence-corrected chi connectivity index (χ0v) is 13.2. The zero-order chi connectivity index (χ0) is 15.5. The van der Waals surface area contributed by atoms with Crippen LogP contribution in [0.5, 0.6) is 0 Å². The first kappa shape index (κ1) is 16.3. The molecule has 3 N–H and O–H groups in total. The third kappa shape index (κ3) is 2.93. The Labute approximate surface area is 129 Å². The quantitative estimate of drug-likeness (QED) is 0.856. The molecule has 1 saturated carbocycles. The Balaban J connectivity index is 2.41. The van der Waals surface area contributed by atoms with Crippen LogP contribution in [0.1, 0.15) is 25.7 Å². The van der Waals surface area contributed by atoms with Gasteiger partial charge < -0.3 is 11.1 Å². The number of sulfone groups is 1. The molecule has 116 valence electrons. The number of nitrogens with two attached hydrogens (primary N) is 1. The van der Waals surface area contributed by atoms with Crippen LogP contribution in [0.4, 0.5) is 0 Å². The van der Waals surface area contributed by atoms with Crippen LogP contribution in [0.25, 0.3) is 0 Å². The van der Waals surface area contributed by atoms with E-state index in [0.717, 1.165) is 12.8 Å². The van der Waals surface area contributed by atoms with Crippen molar-refractivity contribution in [3.8, 4) is 0 Å². The molecule has 0 aliphatic heterocycles. The monoisotopic (exact) mass is 330 g/mol. The van der Waals surface area contributed by atoms with E-state index in [1.165, 1.54) is 24.3 Å². The maximum absolute atomic E-state index is 12.9. The Bertz CT molecular complexity index is 608. The van der Waals surface area contributed by atoms with Gasteiger partial charge in [0.2, 0.25) is 5.91 Å². The molecule has 1 amide bonds. The molecule has 0 radical (unpaired) electrons. The van der Waals surface area contributed by atoms with Crippen molar-refractivity contribution in [2.24, 2.45) is 5.73 Å². The van der Waals surface area contributed by atoms with Crippen molar-refractivity contribution >= 4 is 27.3 Å². The van der Waals surface area contributed by atoms with Crippen molar-refractivity contribution in [1.29, 1.82) is 0 Å². The van der Waals surface area contributed by atoms with Crippen molar-refractivity contribution in [2.45, 2.75) is 35.3 Å². The highest BCUT2D eigenvalue weighted by Crippen LogP contribution is 2.40. The minimum Gasteiger partial charge on any atom is -0.353 e. The number of rotatable bonds is 5. The van der Waals surface area contributed by atoms with Crippen LogP contribution < -0.4 is 11.1 Å². The Morgan fingerprint density at radius 3 is 2.33 bits per heavy atom. The van der Waals surface area contributed by atoms with Gasteiger partial charge in [-0.25, -0.2) is 8.42 Å². The minimum atomic E-state index is -3.76. The molecule has 0 bridgehead atoms. The molecule has 2 rings (SSSR count). The van der Waals surface area contributed by atoms with Crippen LogP contribution in [-0.2, 0) is 14.6 Å². The molecule has 0 unspecified atom stereocenters. The van der Waals surface area contributed by atoms with Gasteiger partial charge in [0.15, 0.2) is 14.6 Å². The maximum Gasteiger partial charge on any atom is 0.241 e. The molecule has 1 fully saturated rings. The number of hydrogen-bond acceptors (Lipinski definition) is 4. The van der Waals surface area contributed by atoms with Crippen molar-refractivity contribution in [3.05, 3.63) is 29.3 Å². The summed E-state index contributed by atoms with van der Waals surface area (Å²) in [5.74, 6) is -0.444. The van der Waals surface area contributed by atoms with E-state index in [1.807, 2.05) is 0 Å². The molecule has 5 nitrogen and oxygen atoms in total. The van der Waals surface area contributed by atoms with Crippen molar-refractivity contribution in [1.82, 2.24) is 5.32 Å². The van der Waals surface area contributed by atoms with Crippen molar-refractivity contribution in [2.75, 3.05) is 13.1 Å². The number of halogens is 1. The lowest BCUT2D eigenvalue weighted by molar-refractivity contribution is -0.123. The topological polar surface area (TPSA) is 89.3 Å². The average molecular weight is 331 g/mol. The van der Waals surface area contributed by atoms with Gasteiger partial charge in [-0.15, -0.1) is 0 Å². The molecule has 0 spiro atoms. The van der Waals surface area contributed by atoms with Crippen LogP contribution >= 0.6 is 11.6 Å². The number of nitrogens with one attached hydrogen (secondary N) is 1. The summed E-state index contributed by atoms with van der Waals surface area (Å²) in [6.45, 7) is 0.555. The zero-order valence-electron chi connectivity index (χ0n) is 11.6. The van der Waals surface area contributed by atoms with Crippen LogP contribution in [0.2, 0.25) is 5.02 Å². The summed E-state index contributed by atoms with van der Waals surface area (Å²) >= 11 is 5.80. The van der Waals surface area contributed by atoms with E-state index in [9.17, 15) is 13.2 Å². The first-order valence-corrected chi connectivity index (χ1v) is 8.79. The summed E-state index contributed by atoms with van der Waals surface area (Å²) in [7, 11) is -3.76. The first-order valence-electron chi connectivity index (χ1n) is 6.92. The lowest BCUT2D eigenvalue weighted by atomic mass is 10.1. The first-order chi connectivity index (χ1) is 9.94. The Morgan fingerprint density at radius 1 is 1.24 bits per heavy atom. The highest BCUT2D eigenvalue weighted by atomic mass is 35.5. The minimum absolute atomic E-state index is 0.136. The van der Waals surface area contributed by atoms with Gasteiger partial charge in [0.05, 0.1) is 4.90 Å². The number of hydrogen-bond donors (Lipinski definition) is 2. The van der Waals surface area contributed by atoms with Gasteiger partial charge in [-0.3, -0.25) is 4.79 Å². The van der Waals surface area contributed by atoms with E-state index < -0.39 is 20.5 Å². The fourth-order valence-electron chi connectivity index (χ4n) is 2.75. The molecule has 21 heavy (non-hydrogen) atoms. The standard InChI is InChI=1S/C14H19ClN2O3S/c15-11-3-5-12(6-4-11)21(19,20)14(7-1-2-8-14)13(18)17-10-9-16/h3-6H,1-2,7-10,16H2,(H,17,18). The third-order valence-electron chi connectivity index (χ3n) is 3.89. The van der Waals surface area contributed by atoms with Gasteiger partial charge >= 0.3 is 0 Å². The maximum atomic E-state index is 12.9. The van der Waals surface area contributed by atoms with E-state index in [0.29, 0.717) is 17.9 Å². The number of carbonyl (C=O) groups is 1. The lowest BCUT2D eigenvalue weighted by Crippen LogP contribution is -2.51. The Morgan fingerprint density at radius 2 is 1.81 bits per heavy atom. The van der Waals surface area contributed by atoms with Crippen LogP contribution in [0, 0.1) is 0 Å². The summed E-state index contributed by atoms with van der Waals surface area (Å²) in [4.78, 5) is 12.6. The second-order valence-corrected chi connectivity index (χ2v) is 7.90. The molecule has 0 aromatic heterocycles. The molecule has 1 aliphatic rings. The number of benzene rings is 1. The summed E-state index contributed by atoms with van der Waals surface area (Å²) in [6.07, 6.45) is 2.13. The normalized spacial score (nSPS) is 17.6. The second-order valence-electron chi connectivity index (χ2n) is 5.20. The highest BCUT2D eigenvalue weighted by Gasteiger charge is 2.52. The molecule has 0 saturated heterocycles. The predicted octanol–water partition coefficient (Wildman–Crippen LogP) is 1.50. The van der Waals surface area contributed by atoms with E-state index in [2.05, 4.69) is 5.32 Å². The van der Waals surface area contributed by atoms with Crippen LogP contribution in [-0.4, -0.2) is 32.2 Å². The summed E-state index contributed by atoms with van der Waals surface area (Å²) in [6, 6.07) is 5.95. The Hall–Kier alpha value is -1.11. The van der Waals surface area contributed by atoms with Gasteiger partial charge in [0, 0.05) is 18.1 Å². The van der Waals surface area contributed by atoms with Crippen LogP contribution in [0.15, 0.2) is 29.2 Å². The van der Waals surface area contributed by atoms with Crippen LogP contribution in [0.3, 0.4) is 0 Å². The molecular formula is C14H19ClN2O3S. The van der Waals surface area contributed by atoms with E-state index >= 15 is 0 Å². The predicted molar refractivity (Wildman–Crippen MR) is 81.9 cm³/mol. The average Bonchev–Trinajstić information content (AvgIpc) is 2.96. The van der Waals surface area contributed by atoms with E-state index in [1.54, 1.807) is 0 Å². The fourth-order valence-corrected chi connectivity index (χ4v) is 4.96. The fraction of sp³-hybridized carbons (Fsp3) is 0.500. The van der Waals surface area contributed by atoms with Crippen molar-refractivity contribution < 1.29 is 13.2 Å².